The van der Waals surface area contributed by atoms with Crippen molar-refractivity contribution in [1.29, 1.82) is 0 Å². The number of carbonyl (C=O) groups excluding carboxylic acids is 3. The number of likely N-dealkylation sites (tertiary alicyclic amines) is 2. The van der Waals surface area contributed by atoms with Crippen LogP contribution < -0.4 is 5.32 Å². The second kappa shape index (κ2) is 9.73. The zero-order chi connectivity index (χ0) is 23.4. The van der Waals surface area contributed by atoms with Crippen molar-refractivity contribution in [2.75, 3.05) is 33.2 Å². The number of nitrogens with zero attached hydrogens (tertiary/aromatic N) is 3. The Morgan fingerprint density at radius 3 is 2.73 bits per heavy atom. The summed E-state index contributed by atoms with van der Waals surface area (Å²) >= 11 is 0. The average molecular weight is 449 g/mol. The van der Waals surface area contributed by atoms with Gasteiger partial charge in [-0.1, -0.05) is 30.3 Å². The second-order valence-corrected chi connectivity index (χ2v) is 9.25. The molecule has 1 aromatic carbocycles. The van der Waals surface area contributed by atoms with Crippen LogP contribution in [0, 0.1) is 11.3 Å². The van der Waals surface area contributed by atoms with E-state index in [0.717, 1.165) is 23.1 Å². The van der Waals surface area contributed by atoms with Gasteiger partial charge < -0.3 is 15.1 Å². The fraction of sp³-hybridized carbons (Fsp3) is 0.462. The molecule has 3 amide bonds. The summed E-state index contributed by atoms with van der Waals surface area (Å²) in [7, 11) is 1.74. The van der Waals surface area contributed by atoms with Crippen LogP contribution in [0.1, 0.15) is 31.7 Å². The van der Waals surface area contributed by atoms with Crippen molar-refractivity contribution in [1.82, 2.24) is 20.1 Å². The molecule has 0 spiro atoms. The highest BCUT2D eigenvalue weighted by Gasteiger charge is 2.45. The number of pyridine rings is 1. The summed E-state index contributed by atoms with van der Waals surface area (Å²) in [5.74, 6) is -0.342. The van der Waals surface area contributed by atoms with Gasteiger partial charge in [0.1, 0.15) is 0 Å². The molecule has 3 heterocycles. The number of nitrogens with one attached hydrogen (secondary N) is 1. The Labute approximate surface area is 195 Å². The number of benzene rings is 1. The maximum atomic E-state index is 13.4. The first-order valence-corrected chi connectivity index (χ1v) is 11.7. The van der Waals surface area contributed by atoms with Crippen LogP contribution in [0.3, 0.4) is 0 Å². The van der Waals surface area contributed by atoms with Gasteiger partial charge in [0.25, 0.3) is 0 Å². The van der Waals surface area contributed by atoms with Gasteiger partial charge in [-0.25, -0.2) is 0 Å². The average Bonchev–Trinajstić information content (AvgIpc) is 3.18. The molecule has 2 aromatic rings. The Balaban J connectivity index is 1.63. The molecule has 0 aliphatic carbocycles. The van der Waals surface area contributed by atoms with E-state index in [1.54, 1.807) is 18.1 Å². The first-order chi connectivity index (χ1) is 15.9. The molecule has 0 bridgehead atoms. The predicted molar refractivity (Wildman–Crippen MR) is 126 cm³/mol. The third-order valence-electron chi connectivity index (χ3n) is 6.92. The van der Waals surface area contributed by atoms with Crippen molar-refractivity contribution >= 4 is 17.7 Å². The number of hydrogen-bond acceptors (Lipinski definition) is 4. The summed E-state index contributed by atoms with van der Waals surface area (Å²) < 4.78 is 0. The molecule has 1 N–H and O–H groups in total. The molecule has 174 valence electrons. The minimum absolute atomic E-state index is 0.00532. The first kappa shape index (κ1) is 23.0. The minimum Gasteiger partial charge on any atom is -0.356 e. The van der Waals surface area contributed by atoms with Crippen LogP contribution in [0.15, 0.2) is 48.8 Å². The Hall–Kier alpha value is -3.22. The lowest BCUT2D eigenvalue weighted by molar-refractivity contribution is -0.144. The van der Waals surface area contributed by atoms with E-state index in [-0.39, 0.29) is 30.1 Å². The normalized spacial score (nSPS) is 23.0. The Morgan fingerprint density at radius 2 is 2.03 bits per heavy atom. The Morgan fingerprint density at radius 1 is 1.21 bits per heavy atom. The summed E-state index contributed by atoms with van der Waals surface area (Å²) in [5, 5.41) is 3.03. The fourth-order valence-electron chi connectivity index (χ4n) is 5.21. The molecule has 1 aromatic heterocycles. The first-order valence-electron chi connectivity index (χ1n) is 11.7. The molecule has 33 heavy (non-hydrogen) atoms. The second-order valence-electron chi connectivity index (χ2n) is 9.25. The standard InChI is InChI=1S/C26H32N4O3/c1-3-28-25(33)26(15-19-8-4-5-10-22(19)20-9-6-12-27-16-20)11-7-13-30(18-26)24(32)21-14-23(31)29(2)17-21/h4-6,8-10,12,16,21H,3,7,11,13-15,17-18H2,1-2H3,(H,28,33)/t21-,26-/m0/s1. The number of carbonyl (C=O) groups is 3. The number of piperidine rings is 1. The Kier molecular flexibility index (Phi) is 6.77. The molecular formula is C26H32N4O3. The molecule has 4 rings (SSSR count). The molecule has 0 radical (unpaired) electrons. The van der Waals surface area contributed by atoms with E-state index < -0.39 is 5.41 Å². The Bertz CT molecular complexity index is 1030. The number of hydrogen-bond donors (Lipinski definition) is 1. The van der Waals surface area contributed by atoms with E-state index in [1.165, 1.54) is 0 Å². The highest BCUT2D eigenvalue weighted by molar-refractivity contribution is 5.90. The van der Waals surface area contributed by atoms with Crippen LogP contribution in [-0.2, 0) is 20.8 Å². The summed E-state index contributed by atoms with van der Waals surface area (Å²) in [6.45, 7) is 3.90. The molecule has 2 aliphatic rings. The van der Waals surface area contributed by atoms with E-state index in [0.29, 0.717) is 39.0 Å². The van der Waals surface area contributed by atoms with Crippen molar-refractivity contribution in [3.63, 3.8) is 0 Å². The monoisotopic (exact) mass is 448 g/mol. The van der Waals surface area contributed by atoms with Gasteiger partial charge in [0.2, 0.25) is 17.7 Å². The van der Waals surface area contributed by atoms with Crippen LogP contribution in [0.2, 0.25) is 0 Å². The molecule has 2 atom stereocenters. The largest absolute Gasteiger partial charge is 0.356 e. The van der Waals surface area contributed by atoms with Crippen LogP contribution in [0.5, 0.6) is 0 Å². The van der Waals surface area contributed by atoms with Gasteiger partial charge >= 0.3 is 0 Å². The highest BCUT2D eigenvalue weighted by Crippen LogP contribution is 2.38. The van der Waals surface area contributed by atoms with Gasteiger partial charge in [0, 0.05) is 57.6 Å². The van der Waals surface area contributed by atoms with Gasteiger partial charge in [-0.05, 0) is 43.4 Å². The lowest BCUT2D eigenvalue weighted by atomic mass is 9.73. The summed E-state index contributed by atoms with van der Waals surface area (Å²) in [4.78, 5) is 46.4. The smallest absolute Gasteiger partial charge is 0.228 e. The highest BCUT2D eigenvalue weighted by atomic mass is 16.2. The van der Waals surface area contributed by atoms with E-state index in [1.807, 2.05) is 42.3 Å². The van der Waals surface area contributed by atoms with Crippen LogP contribution in [0.25, 0.3) is 11.1 Å². The van der Waals surface area contributed by atoms with Gasteiger partial charge in [-0.3, -0.25) is 19.4 Å². The molecule has 2 fully saturated rings. The molecule has 0 saturated carbocycles. The number of amides is 3. The van der Waals surface area contributed by atoms with Crippen molar-refractivity contribution in [3.8, 4) is 11.1 Å². The van der Waals surface area contributed by atoms with Crippen LogP contribution in [0.4, 0.5) is 0 Å². The lowest BCUT2D eigenvalue weighted by Gasteiger charge is -2.42. The molecule has 7 nitrogen and oxygen atoms in total. The van der Waals surface area contributed by atoms with Crippen molar-refractivity contribution < 1.29 is 14.4 Å². The molecule has 2 saturated heterocycles. The maximum Gasteiger partial charge on any atom is 0.228 e. The predicted octanol–water partition coefficient (Wildman–Crippen LogP) is 2.51. The topological polar surface area (TPSA) is 82.6 Å². The van der Waals surface area contributed by atoms with Gasteiger partial charge in [0.05, 0.1) is 11.3 Å². The van der Waals surface area contributed by atoms with E-state index in [9.17, 15) is 14.4 Å². The van der Waals surface area contributed by atoms with Crippen LogP contribution in [-0.4, -0.2) is 65.7 Å². The zero-order valence-corrected chi connectivity index (χ0v) is 19.4. The van der Waals surface area contributed by atoms with Gasteiger partial charge in [-0.15, -0.1) is 0 Å². The van der Waals surface area contributed by atoms with E-state index >= 15 is 0 Å². The zero-order valence-electron chi connectivity index (χ0n) is 19.4. The third kappa shape index (κ3) is 4.77. The van der Waals surface area contributed by atoms with Crippen LogP contribution >= 0.6 is 0 Å². The third-order valence-corrected chi connectivity index (χ3v) is 6.92. The quantitative estimate of drug-likeness (QED) is 0.736. The van der Waals surface area contributed by atoms with Gasteiger partial charge in [0.15, 0.2) is 0 Å². The lowest BCUT2D eigenvalue weighted by Crippen LogP contribution is -2.55. The summed E-state index contributed by atoms with van der Waals surface area (Å²) in [5.41, 5.74) is 2.43. The SMILES string of the molecule is CCNC(=O)[C@]1(Cc2ccccc2-c2cccnc2)CCCN(C(=O)[C@H]2CC(=O)N(C)C2)C1. The number of rotatable bonds is 6. The molecule has 2 aliphatic heterocycles. The minimum atomic E-state index is -0.712. The van der Waals surface area contributed by atoms with Crippen molar-refractivity contribution in [2.24, 2.45) is 11.3 Å². The van der Waals surface area contributed by atoms with Crippen molar-refractivity contribution in [3.05, 3.63) is 54.4 Å². The summed E-state index contributed by atoms with van der Waals surface area (Å²) in [6.07, 6.45) is 5.85. The maximum absolute atomic E-state index is 13.4. The van der Waals surface area contributed by atoms with Crippen molar-refractivity contribution in [2.45, 2.75) is 32.6 Å². The molecule has 7 heteroatoms. The summed E-state index contributed by atoms with van der Waals surface area (Å²) in [6, 6.07) is 12.0. The molecular weight excluding hydrogens is 416 g/mol. The number of aromatic nitrogens is 1. The molecule has 0 unspecified atom stereocenters. The van der Waals surface area contributed by atoms with Gasteiger partial charge in [-0.2, -0.15) is 0 Å². The van der Waals surface area contributed by atoms with E-state index in [2.05, 4.69) is 22.4 Å². The fourth-order valence-corrected chi connectivity index (χ4v) is 5.21. The van der Waals surface area contributed by atoms with E-state index in [4.69, 9.17) is 0 Å².